The third-order valence-electron chi connectivity index (χ3n) is 4.28. The highest BCUT2D eigenvalue weighted by Gasteiger charge is 2.14. The zero-order valence-corrected chi connectivity index (χ0v) is 16.1. The van der Waals surface area contributed by atoms with Gasteiger partial charge in [-0.1, -0.05) is 72.8 Å². The largest absolute Gasteiger partial charge is 0.465 e. The average molecular weight is 379 g/mol. The van der Waals surface area contributed by atoms with Crippen LogP contribution >= 0.6 is 11.6 Å². The summed E-state index contributed by atoms with van der Waals surface area (Å²) in [5.41, 5.74) is 5.77. The standard InChI is InChI=1S/C24H23ClO2/c1-18(26)27-22-14-12-21(13-15-22)24(20-10-6-3-7-11-20)23(16-17-25)19-8-4-2-5-9-19/h2-15,18,26H,16-17H2,1H3/b24-23+. The molecule has 0 bridgehead atoms. The lowest BCUT2D eigenvalue weighted by Crippen LogP contribution is -2.09. The molecule has 0 fully saturated rings. The highest BCUT2D eigenvalue weighted by Crippen LogP contribution is 2.35. The number of allylic oxidation sites excluding steroid dienone is 1. The lowest BCUT2D eigenvalue weighted by atomic mass is 9.88. The number of halogens is 1. The second kappa shape index (κ2) is 9.40. The van der Waals surface area contributed by atoms with Crippen molar-refractivity contribution in [3.63, 3.8) is 0 Å². The lowest BCUT2D eigenvalue weighted by molar-refractivity contribution is -0.000293. The summed E-state index contributed by atoms with van der Waals surface area (Å²) in [5.74, 6) is 1.18. The number of benzene rings is 3. The number of aliphatic hydroxyl groups excluding tert-OH is 1. The van der Waals surface area contributed by atoms with Gasteiger partial charge in [-0.25, -0.2) is 0 Å². The van der Waals surface area contributed by atoms with Crippen LogP contribution in [0.5, 0.6) is 5.75 Å². The highest BCUT2D eigenvalue weighted by atomic mass is 35.5. The van der Waals surface area contributed by atoms with E-state index in [1.165, 1.54) is 11.1 Å². The summed E-state index contributed by atoms with van der Waals surface area (Å²) in [6.07, 6.45) is -0.0713. The van der Waals surface area contributed by atoms with Crippen LogP contribution in [-0.2, 0) is 0 Å². The van der Waals surface area contributed by atoms with Crippen LogP contribution in [0.15, 0.2) is 84.9 Å². The fraction of sp³-hybridized carbons (Fsp3) is 0.167. The van der Waals surface area contributed by atoms with E-state index in [1.54, 1.807) is 6.92 Å². The molecule has 138 valence electrons. The van der Waals surface area contributed by atoms with Crippen molar-refractivity contribution in [1.82, 2.24) is 0 Å². The Morgan fingerprint density at radius 1 is 0.815 bits per heavy atom. The molecular weight excluding hydrogens is 356 g/mol. The molecule has 0 aromatic heterocycles. The summed E-state index contributed by atoms with van der Waals surface area (Å²) < 4.78 is 5.37. The van der Waals surface area contributed by atoms with Gasteiger partial charge in [-0.05, 0) is 53.3 Å². The Labute approximate surface area is 165 Å². The van der Waals surface area contributed by atoms with E-state index < -0.39 is 6.29 Å². The molecule has 3 heteroatoms. The molecule has 2 nitrogen and oxygen atoms in total. The summed E-state index contributed by atoms with van der Waals surface area (Å²) >= 11 is 6.17. The van der Waals surface area contributed by atoms with Crippen LogP contribution < -0.4 is 4.74 Å². The second-order valence-corrected chi connectivity index (χ2v) is 6.64. The lowest BCUT2D eigenvalue weighted by Gasteiger charge is -2.17. The molecule has 1 unspecified atom stereocenters. The molecule has 3 aromatic rings. The van der Waals surface area contributed by atoms with Crippen LogP contribution in [-0.4, -0.2) is 17.3 Å². The first-order chi connectivity index (χ1) is 13.2. The molecule has 3 aromatic carbocycles. The molecular formula is C24H23ClO2. The molecule has 3 rings (SSSR count). The Bertz CT molecular complexity index is 869. The molecule has 0 aliphatic rings. The Morgan fingerprint density at radius 3 is 1.85 bits per heavy atom. The number of hydrogen-bond acceptors (Lipinski definition) is 2. The van der Waals surface area contributed by atoms with Crippen molar-refractivity contribution in [3.05, 3.63) is 102 Å². The van der Waals surface area contributed by atoms with Crippen LogP contribution in [0.3, 0.4) is 0 Å². The average Bonchev–Trinajstić information content (AvgIpc) is 2.70. The van der Waals surface area contributed by atoms with Gasteiger partial charge in [-0.3, -0.25) is 0 Å². The summed E-state index contributed by atoms with van der Waals surface area (Å²) in [4.78, 5) is 0. The molecule has 0 amide bonds. The van der Waals surface area contributed by atoms with Gasteiger partial charge in [0.25, 0.3) is 0 Å². The van der Waals surface area contributed by atoms with Crippen LogP contribution in [0.2, 0.25) is 0 Å². The van der Waals surface area contributed by atoms with E-state index in [9.17, 15) is 5.11 Å². The van der Waals surface area contributed by atoms with Gasteiger partial charge in [0.15, 0.2) is 6.29 Å². The fourth-order valence-electron chi connectivity index (χ4n) is 3.16. The van der Waals surface area contributed by atoms with Gasteiger partial charge in [0, 0.05) is 5.88 Å². The number of hydrogen-bond donors (Lipinski definition) is 1. The first-order valence-corrected chi connectivity index (χ1v) is 9.57. The molecule has 1 N–H and O–H groups in total. The summed E-state index contributed by atoms with van der Waals surface area (Å²) in [7, 11) is 0. The van der Waals surface area contributed by atoms with Crippen molar-refractivity contribution in [2.24, 2.45) is 0 Å². The molecule has 0 saturated carbocycles. The molecule has 0 aliphatic carbocycles. The summed E-state index contributed by atoms with van der Waals surface area (Å²) in [5, 5.41) is 9.42. The third-order valence-corrected chi connectivity index (χ3v) is 4.47. The Hall–Kier alpha value is -2.55. The SMILES string of the molecule is CC(O)Oc1ccc(/C(=C(\CCCl)c2ccccc2)c2ccccc2)cc1. The zero-order valence-electron chi connectivity index (χ0n) is 15.3. The Balaban J connectivity index is 2.16. The van der Waals surface area contributed by atoms with E-state index in [0.717, 1.165) is 23.1 Å². The zero-order chi connectivity index (χ0) is 19.1. The van der Waals surface area contributed by atoms with Gasteiger partial charge < -0.3 is 9.84 Å². The number of aliphatic hydroxyl groups is 1. The van der Waals surface area contributed by atoms with Gasteiger partial charge in [0.1, 0.15) is 5.75 Å². The van der Waals surface area contributed by atoms with Gasteiger partial charge in [0.05, 0.1) is 0 Å². The maximum atomic E-state index is 9.42. The quantitative estimate of drug-likeness (QED) is 0.311. The third kappa shape index (κ3) is 5.00. The maximum absolute atomic E-state index is 9.42. The van der Waals surface area contributed by atoms with Gasteiger partial charge >= 0.3 is 0 Å². The molecule has 0 spiro atoms. The van der Waals surface area contributed by atoms with Crippen molar-refractivity contribution in [3.8, 4) is 5.75 Å². The van der Waals surface area contributed by atoms with Crippen molar-refractivity contribution < 1.29 is 9.84 Å². The van der Waals surface area contributed by atoms with Crippen LogP contribution in [0.25, 0.3) is 11.1 Å². The molecule has 1 atom stereocenters. The predicted molar refractivity (Wildman–Crippen MR) is 113 cm³/mol. The van der Waals surface area contributed by atoms with Crippen molar-refractivity contribution in [1.29, 1.82) is 0 Å². The first-order valence-electron chi connectivity index (χ1n) is 9.04. The van der Waals surface area contributed by atoms with Gasteiger partial charge in [-0.2, -0.15) is 0 Å². The highest BCUT2D eigenvalue weighted by molar-refractivity contribution is 6.18. The minimum Gasteiger partial charge on any atom is -0.465 e. The van der Waals surface area contributed by atoms with E-state index in [2.05, 4.69) is 24.3 Å². The first kappa shape index (κ1) is 19.2. The summed E-state index contributed by atoms with van der Waals surface area (Å²) in [6.45, 7) is 1.59. The van der Waals surface area contributed by atoms with Crippen molar-refractivity contribution >= 4 is 22.7 Å². The van der Waals surface area contributed by atoms with Gasteiger partial charge in [-0.15, -0.1) is 11.6 Å². The number of ether oxygens (including phenoxy) is 1. The number of rotatable bonds is 7. The van der Waals surface area contributed by atoms with Crippen molar-refractivity contribution in [2.75, 3.05) is 5.88 Å². The van der Waals surface area contributed by atoms with E-state index >= 15 is 0 Å². The van der Waals surface area contributed by atoms with Crippen LogP contribution in [0.1, 0.15) is 30.0 Å². The van der Waals surface area contributed by atoms with Gasteiger partial charge in [0.2, 0.25) is 0 Å². The van der Waals surface area contributed by atoms with Crippen molar-refractivity contribution in [2.45, 2.75) is 19.6 Å². The fourth-order valence-corrected chi connectivity index (χ4v) is 3.35. The predicted octanol–water partition coefficient (Wildman–Crippen LogP) is 5.99. The molecule has 27 heavy (non-hydrogen) atoms. The van der Waals surface area contributed by atoms with Crippen LogP contribution in [0.4, 0.5) is 0 Å². The molecule has 0 saturated heterocycles. The molecule has 0 radical (unpaired) electrons. The maximum Gasteiger partial charge on any atom is 0.194 e. The molecule has 0 heterocycles. The Morgan fingerprint density at radius 2 is 1.33 bits per heavy atom. The number of alkyl halides is 1. The molecule has 0 aliphatic heterocycles. The summed E-state index contributed by atoms with van der Waals surface area (Å²) in [6, 6.07) is 28.5. The normalized spacial score (nSPS) is 13.0. The smallest absolute Gasteiger partial charge is 0.194 e. The Kier molecular flexibility index (Phi) is 6.69. The van der Waals surface area contributed by atoms with E-state index in [1.807, 2.05) is 60.7 Å². The van der Waals surface area contributed by atoms with E-state index in [-0.39, 0.29) is 0 Å². The minimum atomic E-state index is -0.837. The topological polar surface area (TPSA) is 29.5 Å². The van der Waals surface area contributed by atoms with E-state index in [0.29, 0.717) is 11.6 Å². The van der Waals surface area contributed by atoms with E-state index in [4.69, 9.17) is 16.3 Å². The second-order valence-electron chi connectivity index (χ2n) is 6.27. The monoisotopic (exact) mass is 378 g/mol. The minimum absolute atomic E-state index is 0.545. The van der Waals surface area contributed by atoms with Crippen LogP contribution in [0, 0.1) is 0 Å².